The number of ether oxygens (including phenoxy) is 2. The topological polar surface area (TPSA) is 102 Å². The second-order valence-corrected chi connectivity index (χ2v) is 8.77. The lowest BCUT2D eigenvalue weighted by Crippen LogP contribution is -2.49. The van der Waals surface area contributed by atoms with Gasteiger partial charge in [-0.2, -0.15) is 8.42 Å². The summed E-state index contributed by atoms with van der Waals surface area (Å²) >= 11 is 0. The van der Waals surface area contributed by atoms with Crippen LogP contribution in [0.1, 0.15) is 71.1 Å². The third-order valence-electron chi connectivity index (χ3n) is 4.55. The van der Waals surface area contributed by atoms with Gasteiger partial charge in [0.1, 0.15) is 0 Å². The van der Waals surface area contributed by atoms with Crippen LogP contribution in [0.2, 0.25) is 0 Å². The molecule has 0 unspecified atom stereocenters. The number of rotatable bonds is 13. The summed E-state index contributed by atoms with van der Waals surface area (Å²) in [7, 11) is -3.26. The maximum atomic E-state index is 12.7. The van der Waals surface area contributed by atoms with Gasteiger partial charge in [-0.15, -0.1) is 4.41 Å². The second-order valence-electron chi connectivity index (χ2n) is 6.98. The summed E-state index contributed by atoms with van der Waals surface area (Å²) in [4.78, 5) is 23.7. The smallest absolute Gasteiger partial charge is 0.443 e. The number of carbonyl (C=O) groups excluding carboxylic acids is 2. The summed E-state index contributed by atoms with van der Waals surface area (Å²) in [6, 6.07) is 7.30. The number of nitrogens with zero attached hydrogens (tertiary/aromatic N) is 1. The number of hydrogen-bond donors (Lipinski definition) is 1. The quantitative estimate of drug-likeness (QED) is 0.340. The van der Waals surface area contributed by atoms with E-state index in [0.717, 1.165) is 26.4 Å². The van der Waals surface area contributed by atoms with E-state index in [1.165, 1.54) is 62.8 Å². The number of benzene rings is 1. The van der Waals surface area contributed by atoms with Crippen molar-refractivity contribution in [3.8, 4) is 0 Å². The van der Waals surface area contributed by atoms with Crippen molar-refractivity contribution >= 4 is 22.2 Å². The molecule has 0 aliphatic rings. The van der Waals surface area contributed by atoms with Crippen molar-refractivity contribution in [3.63, 3.8) is 0 Å². The zero-order valence-corrected chi connectivity index (χ0v) is 18.8. The monoisotopic (exact) mass is 442 g/mol. The Kier molecular flexibility index (Phi) is 12.6. The largest absolute Gasteiger partial charge is 0.452 e. The molecule has 8 nitrogen and oxygen atoms in total. The fraction of sp³-hybridized carbons (Fsp3) is 0.619. The molecule has 9 heteroatoms. The number of methoxy groups -OCH3 is 1. The predicted molar refractivity (Wildman–Crippen MR) is 114 cm³/mol. The molecule has 0 heterocycles. The first-order chi connectivity index (χ1) is 14.4. The van der Waals surface area contributed by atoms with Crippen LogP contribution in [0.4, 0.5) is 9.59 Å². The number of hydrogen-bond acceptors (Lipinski definition) is 6. The molecule has 1 aromatic rings. The van der Waals surface area contributed by atoms with E-state index in [1.807, 2.05) is 5.43 Å². The van der Waals surface area contributed by atoms with E-state index in [2.05, 4.69) is 11.7 Å². The van der Waals surface area contributed by atoms with Gasteiger partial charge >= 0.3 is 12.2 Å². The number of carbonyl (C=O) groups is 2. The van der Waals surface area contributed by atoms with Gasteiger partial charge < -0.3 is 9.47 Å². The highest BCUT2D eigenvalue weighted by atomic mass is 32.2. The van der Waals surface area contributed by atoms with E-state index < -0.39 is 22.2 Å². The summed E-state index contributed by atoms with van der Waals surface area (Å²) in [6.07, 6.45) is 9.00. The van der Waals surface area contributed by atoms with Crippen molar-refractivity contribution in [2.75, 3.05) is 13.7 Å². The van der Waals surface area contributed by atoms with Crippen molar-refractivity contribution in [1.82, 2.24) is 9.84 Å². The van der Waals surface area contributed by atoms with Crippen LogP contribution in [-0.2, 0) is 19.5 Å². The first-order valence-corrected chi connectivity index (χ1v) is 12.0. The molecule has 0 aliphatic heterocycles. The van der Waals surface area contributed by atoms with E-state index >= 15 is 0 Å². The van der Waals surface area contributed by atoms with Gasteiger partial charge in [0.25, 0.3) is 10.0 Å². The highest BCUT2D eigenvalue weighted by Crippen LogP contribution is 2.15. The summed E-state index contributed by atoms with van der Waals surface area (Å²) in [6.45, 7) is 2.27. The fourth-order valence-corrected chi connectivity index (χ4v) is 3.99. The van der Waals surface area contributed by atoms with Gasteiger partial charge in [0.2, 0.25) is 0 Å². The zero-order valence-electron chi connectivity index (χ0n) is 18.0. The minimum atomic E-state index is -4.32. The Balaban J connectivity index is 2.43. The van der Waals surface area contributed by atoms with Gasteiger partial charge in [0.15, 0.2) is 0 Å². The lowest BCUT2D eigenvalue weighted by atomic mass is 10.1. The van der Waals surface area contributed by atoms with Crippen LogP contribution in [0.5, 0.6) is 0 Å². The summed E-state index contributed by atoms with van der Waals surface area (Å²) in [5, 5.41) is 0. The summed E-state index contributed by atoms with van der Waals surface area (Å²) < 4.78 is 35.0. The zero-order chi connectivity index (χ0) is 22.2. The van der Waals surface area contributed by atoms with Gasteiger partial charge in [-0.05, 0) is 18.6 Å². The minimum absolute atomic E-state index is 0.0684. The molecule has 1 rings (SSSR count). The molecule has 0 bridgehead atoms. The van der Waals surface area contributed by atoms with Crippen molar-refractivity contribution in [3.05, 3.63) is 30.3 Å². The number of unbranched alkanes of at least 4 members (excludes halogenated alkanes) is 9. The molecular weight excluding hydrogens is 408 g/mol. The maximum absolute atomic E-state index is 12.7. The Bertz CT molecular complexity index is 724. The van der Waals surface area contributed by atoms with Crippen molar-refractivity contribution in [2.45, 2.75) is 76.0 Å². The SMILES string of the molecule is CCCCCCCCCCCCOC(=O)N(NC(=O)OC)S(=O)(=O)c1ccccc1. The van der Waals surface area contributed by atoms with E-state index in [-0.39, 0.29) is 15.9 Å². The normalized spacial score (nSPS) is 11.0. The minimum Gasteiger partial charge on any atom is -0.452 e. The Morgan fingerprint density at radius 3 is 1.97 bits per heavy atom. The highest BCUT2D eigenvalue weighted by molar-refractivity contribution is 7.89. The lowest BCUT2D eigenvalue weighted by molar-refractivity contribution is 0.103. The Labute approximate surface area is 179 Å². The van der Waals surface area contributed by atoms with Crippen LogP contribution in [0.25, 0.3) is 0 Å². The molecule has 0 aromatic heterocycles. The molecule has 0 saturated heterocycles. The van der Waals surface area contributed by atoms with Gasteiger partial charge in [-0.3, -0.25) is 0 Å². The van der Waals surface area contributed by atoms with Crippen LogP contribution in [-0.4, -0.2) is 38.7 Å². The van der Waals surface area contributed by atoms with Gasteiger partial charge in [0.05, 0.1) is 18.6 Å². The first-order valence-electron chi connectivity index (χ1n) is 10.5. The highest BCUT2D eigenvalue weighted by Gasteiger charge is 2.32. The lowest BCUT2D eigenvalue weighted by Gasteiger charge is -2.21. The second kappa shape index (κ2) is 14.7. The van der Waals surface area contributed by atoms with E-state index in [9.17, 15) is 18.0 Å². The third kappa shape index (κ3) is 9.47. The number of sulfonamides is 1. The van der Waals surface area contributed by atoms with Crippen LogP contribution >= 0.6 is 0 Å². The Morgan fingerprint density at radius 2 is 1.43 bits per heavy atom. The molecule has 1 aromatic carbocycles. The van der Waals surface area contributed by atoms with Crippen molar-refractivity contribution in [1.29, 1.82) is 0 Å². The first kappa shape index (κ1) is 25.7. The van der Waals surface area contributed by atoms with Crippen LogP contribution in [0, 0.1) is 0 Å². The maximum Gasteiger partial charge on any atom is 0.443 e. The number of nitrogens with one attached hydrogen (secondary N) is 1. The Morgan fingerprint density at radius 1 is 0.900 bits per heavy atom. The van der Waals surface area contributed by atoms with Crippen LogP contribution in [0.15, 0.2) is 35.2 Å². The molecular formula is C21H34N2O6S. The molecule has 0 saturated carbocycles. The number of hydrazine groups is 1. The fourth-order valence-electron chi connectivity index (χ4n) is 2.84. The average Bonchev–Trinajstić information content (AvgIpc) is 2.75. The molecule has 0 fully saturated rings. The summed E-state index contributed by atoms with van der Waals surface area (Å²) in [5.74, 6) is 0. The molecule has 0 atom stereocenters. The molecule has 0 spiro atoms. The van der Waals surface area contributed by atoms with Gasteiger partial charge in [0, 0.05) is 0 Å². The average molecular weight is 443 g/mol. The van der Waals surface area contributed by atoms with Gasteiger partial charge in [-0.25, -0.2) is 15.0 Å². The van der Waals surface area contributed by atoms with Crippen LogP contribution < -0.4 is 5.43 Å². The molecule has 1 N–H and O–H groups in total. The Hall–Kier alpha value is -2.29. The standard InChI is InChI=1S/C21H34N2O6S/c1-3-4-5-6-7-8-9-10-11-15-18-29-21(25)23(22-20(24)28-2)30(26,27)19-16-13-12-14-17-19/h12-14,16-17H,3-11,15,18H2,1-2H3,(H,22,24). The van der Waals surface area contributed by atoms with E-state index in [1.54, 1.807) is 6.07 Å². The van der Waals surface area contributed by atoms with E-state index in [0.29, 0.717) is 6.42 Å². The molecule has 0 aliphatic carbocycles. The van der Waals surface area contributed by atoms with Crippen molar-refractivity contribution < 1.29 is 27.5 Å². The third-order valence-corrected chi connectivity index (χ3v) is 6.14. The predicted octanol–water partition coefficient (Wildman–Crippen LogP) is 5.01. The number of amides is 2. The molecule has 0 radical (unpaired) electrons. The van der Waals surface area contributed by atoms with Crippen LogP contribution in [0.3, 0.4) is 0 Å². The molecule has 170 valence electrons. The summed E-state index contributed by atoms with van der Waals surface area (Å²) in [5.41, 5.74) is 1.90. The van der Waals surface area contributed by atoms with Gasteiger partial charge in [-0.1, -0.05) is 82.9 Å². The van der Waals surface area contributed by atoms with E-state index in [4.69, 9.17) is 4.74 Å². The molecule has 2 amide bonds. The molecule has 30 heavy (non-hydrogen) atoms. The van der Waals surface area contributed by atoms with Crippen molar-refractivity contribution in [2.24, 2.45) is 0 Å².